The van der Waals surface area contributed by atoms with E-state index in [2.05, 4.69) is 4.99 Å². The first-order chi connectivity index (χ1) is 8.60. The first kappa shape index (κ1) is 13.8. The van der Waals surface area contributed by atoms with Crippen LogP contribution in [0.1, 0.15) is 19.8 Å². The molecule has 5 nitrogen and oxygen atoms in total. The number of fused-ring (bicyclic) bond motifs is 1. The van der Waals surface area contributed by atoms with Gasteiger partial charge in [-0.1, -0.05) is 23.4 Å². The molecule has 0 radical (unpaired) electrons. The van der Waals surface area contributed by atoms with Crippen LogP contribution in [0.2, 0.25) is 0 Å². The number of methoxy groups -OCH3 is 1. The molecule has 7 heteroatoms. The van der Waals surface area contributed by atoms with E-state index in [0.29, 0.717) is 18.3 Å². The number of thioether (sulfide) groups is 1. The number of likely N-dealkylation sites (tertiary alicyclic amines) is 1. The van der Waals surface area contributed by atoms with Gasteiger partial charge in [0.2, 0.25) is 5.23 Å². The molecule has 0 saturated carbocycles. The highest BCUT2D eigenvalue weighted by Crippen LogP contribution is 2.33. The van der Waals surface area contributed by atoms with Gasteiger partial charge in [-0.2, -0.15) is 0 Å². The quantitative estimate of drug-likeness (QED) is 0.696. The maximum absolute atomic E-state index is 11.8. The van der Waals surface area contributed by atoms with Crippen LogP contribution in [0.4, 0.5) is 4.79 Å². The van der Waals surface area contributed by atoms with Crippen molar-refractivity contribution in [2.45, 2.75) is 36.6 Å². The molecular weight excluding hydrogens is 276 g/mol. The molecule has 0 aromatic rings. The topological polar surface area (TPSA) is 51.1 Å². The number of halogens is 1. The molecule has 0 N–H and O–H groups in total. The average molecular weight is 293 g/mol. The molecular formula is C11H17ClN2O3S. The van der Waals surface area contributed by atoms with E-state index >= 15 is 0 Å². The Morgan fingerprint density at radius 1 is 1.56 bits per heavy atom. The molecule has 18 heavy (non-hydrogen) atoms. The molecule has 3 atom stereocenters. The van der Waals surface area contributed by atoms with E-state index in [0.717, 1.165) is 18.1 Å². The summed E-state index contributed by atoms with van der Waals surface area (Å²) >= 11 is 7.31. The van der Waals surface area contributed by atoms with Crippen LogP contribution in [-0.4, -0.2) is 53.3 Å². The Labute approximate surface area is 116 Å². The third kappa shape index (κ3) is 3.23. The lowest BCUT2D eigenvalue weighted by Crippen LogP contribution is -2.34. The van der Waals surface area contributed by atoms with Gasteiger partial charge in [-0.15, -0.1) is 0 Å². The van der Waals surface area contributed by atoms with Gasteiger partial charge in [0, 0.05) is 18.3 Å². The number of aliphatic imine (C=N–C) groups is 1. The van der Waals surface area contributed by atoms with E-state index in [1.165, 1.54) is 0 Å². The SMILES string of the molecule is COC1=NC2CCN(C(=O)OC(C)Cl)CCC2S1. The molecule has 0 aromatic heterocycles. The van der Waals surface area contributed by atoms with E-state index in [4.69, 9.17) is 21.1 Å². The lowest BCUT2D eigenvalue weighted by Gasteiger charge is -2.20. The molecule has 3 unspecified atom stereocenters. The third-order valence-electron chi connectivity index (χ3n) is 3.03. The summed E-state index contributed by atoms with van der Waals surface area (Å²) in [6.45, 7) is 2.98. The highest BCUT2D eigenvalue weighted by molar-refractivity contribution is 8.14. The second-order valence-corrected chi connectivity index (χ2v) is 6.12. The van der Waals surface area contributed by atoms with E-state index in [1.54, 1.807) is 30.7 Å². The maximum atomic E-state index is 11.8. The normalized spacial score (nSPS) is 29.1. The van der Waals surface area contributed by atoms with Crippen LogP contribution in [0.25, 0.3) is 0 Å². The fourth-order valence-corrected chi connectivity index (χ4v) is 3.34. The predicted molar refractivity (Wildman–Crippen MR) is 72.2 cm³/mol. The van der Waals surface area contributed by atoms with Crippen molar-refractivity contribution in [1.29, 1.82) is 0 Å². The van der Waals surface area contributed by atoms with Crippen molar-refractivity contribution >= 4 is 34.7 Å². The second-order valence-electron chi connectivity index (χ2n) is 4.31. The fourth-order valence-electron chi connectivity index (χ4n) is 2.14. The van der Waals surface area contributed by atoms with Crippen LogP contribution in [-0.2, 0) is 9.47 Å². The van der Waals surface area contributed by atoms with Crippen molar-refractivity contribution in [3.8, 4) is 0 Å². The molecule has 0 bridgehead atoms. The summed E-state index contributed by atoms with van der Waals surface area (Å²) in [5.41, 5.74) is -0.590. The Bertz CT molecular complexity index is 351. The van der Waals surface area contributed by atoms with Crippen LogP contribution in [0.5, 0.6) is 0 Å². The summed E-state index contributed by atoms with van der Waals surface area (Å²) in [7, 11) is 1.64. The molecule has 2 aliphatic heterocycles. The van der Waals surface area contributed by atoms with Crippen LogP contribution < -0.4 is 0 Å². The zero-order chi connectivity index (χ0) is 13.1. The number of amides is 1. The summed E-state index contributed by atoms with van der Waals surface area (Å²) in [5, 5.41) is 1.17. The van der Waals surface area contributed by atoms with Crippen molar-refractivity contribution in [3.63, 3.8) is 0 Å². The Kier molecular flexibility index (Phi) is 4.61. The van der Waals surface area contributed by atoms with Crippen molar-refractivity contribution in [2.24, 2.45) is 4.99 Å². The lowest BCUT2D eigenvalue weighted by atomic mass is 10.1. The Morgan fingerprint density at radius 2 is 2.28 bits per heavy atom. The Hall–Kier alpha value is -0.620. The van der Waals surface area contributed by atoms with E-state index in [-0.39, 0.29) is 12.1 Å². The highest BCUT2D eigenvalue weighted by atomic mass is 35.5. The zero-order valence-electron chi connectivity index (χ0n) is 10.5. The van der Waals surface area contributed by atoms with Crippen molar-refractivity contribution in [3.05, 3.63) is 0 Å². The van der Waals surface area contributed by atoms with Crippen molar-refractivity contribution in [2.75, 3.05) is 20.2 Å². The monoisotopic (exact) mass is 292 g/mol. The number of carbonyl (C=O) groups excluding carboxylic acids is 1. The standard InChI is InChI=1S/C11H17ClN2O3S/c1-7(12)17-11(15)14-5-3-8-9(4-6-14)18-10(13-8)16-2/h7-9H,3-6H2,1-2H3. The minimum Gasteiger partial charge on any atom is -0.476 e. The number of nitrogens with zero attached hydrogens (tertiary/aromatic N) is 2. The number of alkyl halides is 1. The van der Waals surface area contributed by atoms with Crippen LogP contribution in [0, 0.1) is 0 Å². The van der Waals surface area contributed by atoms with Crippen molar-refractivity contribution in [1.82, 2.24) is 4.90 Å². The summed E-state index contributed by atoms with van der Waals surface area (Å²) < 4.78 is 10.2. The molecule has 102 valence electrons. The number of ether oxygens (including phenoxy) is 2. The Balaban J connectivity index is 1.91. The summed E-state index contributed by atoms with van der Waals surface area (Å²) in [5.74, 6) is 0. The summed E-state index contributed by atoms with van der Waals surface area (Å²) in [4.78, 5) is 18.0. The van der Waals surface area contributed by atoms with Gasteiger partial charge in [0.1, 0.15) is 0 Å². The van der Waals surface area contributed by atoms with E-state index in [1.807, 2.05) is 0 Å². The van der Waals surface area contributed by atoms with E-state index in [9.17, 15) is 4.79 Å². The minimum absolute atomic E-state index is 0.246. The molecule has 0 aromatic carbocycles. The first-order valence-electron chi connectivity index (χ1n) is 5.98. The average Bonchev–Trinajstić information content (AvgIpc) is 2.61. The number of carbonyl (C=O) groups is 1. The van der Waals surface area contributed by atoms with Gasteiger partial charge < -0.3 is 14.4 Å². The molecule has 0 aliphatic carbocycles. The minimum atomic E-state index is -0.590. The maximum Gasteiger partial charge on any atom is 0.411 e. The first-order valence-corrected chi connectivity index (χ1v) is 7.30. The van der Waals surface area contributed by atoms with Crippen LogP contribution in [0.3, 0.4) is 0 Å². The summed E-state index contributed by atoms with van der Waals surface area (Å²) in [6, 6.07) is 0.246. The molecule has 0 spiro atoms. The van der Waals surface area contributed by atoms with Gasteiger partial charge in [-0.05, 0) is 19.8 Å². The summed E-state index contributed by atoms with van der Waals surface area (Å²) in [6.07, 6.45) is 1.41. The van der Waals surface area contributed by atoms with Crippen molar-refractivity contribution < 1.29 is 14.3 Å². The fraction of sp³-hybridized carbons (Fsp3) is 0.818. The predicted octanol–water partition coefficient (Wildman–Crippen LogP) is 2.29. The largest absolute Gasteiger partial charge is 0.476 e. The third-order valence-corrected chi connectivity index (χ3v) is 4.44. The number of hydrogen-bond donors (Lipinski definition) is 0. The van der Waals surface area contributed by atoms with Gasteiger partial charge in [0.25, 0.3) is 0 Å². The highest BCUT2D eigenvalue weighted by Gasteiger charge is 2.35. The lowest BCUT2D eigenvalue weighted by molar-refractivity contribution is 0.0969. The van der Waals surface area contributed by atoms with Crippen LogP contribution in [0.15, 0.2) is 4.99 Å². The molecule has 2 aliphatic rings. The molecule has 2 rings (SSSR count). The van der Waals surface area contributed by atoms with Crippen LogP contribution >= 0.6 is 23.4 Å². The smallest absolute Gasteiger partial charge is 0.411 e. The number of rotatable bonds is 1. The van der Waals surface area contributed by atoms with Gasteiger partial charge in [0.15, 0.2) is 5.56 Å². The Morgan fingerprint density at radius 3 is 2.94 bits per heavy atom. The van der Waals surface area contributed by atoms with Gasteiger partial charge in [-0.25, -0.2) is 9.79 Å². The second kappa shape index (κ2) is 6.02. The number of hydrogen-bond acceptors (Lipinski definition) is 5. The zero-order valence-corrected chi connectivity index (χ0v) is 12.0. The molecule has 1 fully saturated rings. The molecule has 1 saturated heterocycles. The molecule has 2 heterocycles. The van der Waals surface area contributed by atoms with E-state index < -0.39 is 5.56 Å². The molecule has 1 amide bonds. The van der Waals surface area contributed by atoms with Gasteiger partial charge in [-0.3, -0.25) is 0 Å². The van der Waals surface area contributed by atoms with Gasteiger partial charge >= 0.3 is 6.09 Å². The van der Waals surface area contributed by atoms with Gasteiger partial charge in [0.05, 0.1) is 13.2 Å².